The van der Waals surface area contributed by atoms with Crippen LogP contribution in [-0.4, -0.2) is 27.1 Å². The molecule has 0 aliphatic carbocycles. The van der Waals surface area contributed by atoms with Gasteiger partial charge in [0.15, 0.2) is 6.29 Å². The second-order valence-corrected chi connectivity index (χ2v) is 3.44. The van der Waals surface area contributed by atoms with Crippen LogP contribution in [-0.2, 0) is 9.47 Å². The number of anilines is 1. The number of ether oxygens (including phenoxy) is 2. The molecule has 0 fully saturated rings. The van der Waals surface area contributed by atoms with E-state index in [2.05, 4.69) is 11.4 Å². The first-order valence-corrected chi connectivity index (χ1v) is 5.01. The van der Waals surface area contributed by atoms with Crippen LogP contribution in [0, 0.1) is 18.3 Å². The first kappa shape index (κ1) is 12.5. The van der Waals surface area contributed by atoms with E-state index in [9.17, 15) is 0 Å². The Bertz CT molecular complexity index is 381. The van der Waals surface area contributed by atoms with Gasteiger partial charge >= 0.3 is 0 Å². The number of hydrogen-bond acceptors (Lipinski definition) is 4. The van der Waals surface area contributed by atoms with Gasteiger partial charge in [-0.2, -0.15) is 5.26 Å². The fourth-order valence-electron chi connectivity index (χ4n) is 1.36. The maximum Gasteiger partial charge on any atom is 0.173 e. The molecule has 0 aliphatic heterocycles. The van der Waals surface area contributed by atoms with Gasteiger partial charge in [-0.3, -0.25) is 0 Å². The summed E-state index contributed by atoms with van der Waals surface area (Å²) in [6.45, 7) is 2.49. The van der Waals surface area contributed by atoms with E-state index in [0.717, 1.165) is 11.3 Å². The lowest BCUT2D eigenvalue weighted by Crippen LogP contribution is -2.23. The van der Waals surface area contributed by atoms with E-state index in [-0.39, 0.29) is 6.29 Å². The van der Waals surface area contributed by atoms with Gasteiger partial charge in [-0.1, -0.05) is 6.07 Å². The number of nitrogens with zero attached hydrogens (tertiary/aromatic N) is 1. The lowest BCUT2D eigenvalue weighted by molar-refractivity contribution is -0.0914. The molecule has 0 aromatic heterocycles. The molecule has 1 aromatic rings. The summed E-state index contributed by atoms with van der Waals surface area (Å²) in [6.07, 6.45) is -0.313. The molecule has 86 valence electrons. The van der Waals surface area contributed by atoms with Gasteiger partial charge in [0.25, 0.3) is 0 Å². The maximum atomic E-state index is 8.94. The Morgan fingerprint density at radius 3 is 2.62 bits per heavy atom. The van der Waals surface area contributed by atoms with Crippen LogP contribution in [0.15, 0.2) is 18.2 Å². The largest absolute Gasteiger partial charge is 0.379 e. The molecule has 0 bridgehead atoms. The van der Waals surface area contributed by atoms with Crippen molar-refractivity contribution in [2.75, 3.05) is 26.1 Å². The van der Waals surface area contributed by atoms with E-state index in [1.165, 1.54) is 0 Å². The number of nitrogens with one attached hydrogen (secondary N) is 1. The van der Waals surface area contributed by atoms with Crippen molar-refractivity contribution >= 4 is 5.69 Å². The Balaban J connectivity index is 2.73. The van der Waals surface area contributed by atoms with E-state index in [0.29, 0.717) is 12.1 Å². The van der Waals surface area contributed by atoms with Crippen molar-refractivity contribution in [2.45, 2.75) is 13.2 Å². The second-order valence-electron chi connectivity index (χ2n) is 3.44. The van der Waals surface area contributed by atoms with Gasteiger partial charge in [0.05, 0.1) is 17.8 Å². The van der Waals surface area contributed by atoms with E-state index >= 15 is 0 Å². The highest BCUT2D eigenvalue weighted by atomic mass is 16.7. The third kappa shape index (κ3) is 3.23. The topological polar surface area (TPSA) is 54.3 Å². The summed E-state index contributed by atoms with van der Waals surface area (Å²) >= 11 is 0. The van der Waals surface area contributed by atoms with E-state index in [1.54, 1.807) is 20.3 Å². The average Bonchev–Trinajstić information content (AvgIpc) is 2.30. The molecule has 0 unspecified atom stereocenters. The molecule has 1 rings (SSSR count). The highest BCUT2D eigenvalue weighted by Crippen LogP contribution is 2.16. The van der Waals surface area contributed by atoms with Gasteiger partial charge in [0.1, 0.15) is 6.07 Å². The van der Waals surface area contributed by atoms with Crippen molar-refractivity contribution in [1.29, 1.82) is 5.26 Å². The molecule has 4 nitrogen and oxygen atoms in total. The summed E-state index contributed by atoms with van der Waals surface area (Å²) in [5, 5.41) is 12.1. The molecular weight excluding hydrogens is 204 g/mol. The van der Waals surface area contributed by atoms with E-state index in [4.69, 9.17) is 14.7 Å². The summed E-state index contributed by atoms with van der Waals surface area (Å²) in [4.78, 5) is 0. The first-order valence-electron chi connectivity index (χ1n) is 5.01. The molecule has 0 saturated carbocycles. The minimum absolute atomic E-state index is 0.313. The third-order valence-corrected chi connectivity index (χ3v) is 2.28. The summed E-state index contributed by atoms with van der Waals surface area (Å²) in [7, 11) is 3.16. The van der Waals surface area contributed by atoms with Crippen molar-refractivity contribution in [3.05, 3.63) is 29.3 Å². The minimum atomic E-state index is -0.313. The molecule has 0 atom stereocenters. The molecule has 0 radical (unpaired) electrons. The normalized spacial score (nSPS) is 10.2. The quantitative estimate of drug-likeness (QED) is 0.770. The lowest BCUT2D eigenvalue weighted by Gasteiger charge is -2.15. The molecule has 16 heavy (non-hydrogen) atoms. The Morgan fingerprint density at radius 1 is 1.38 bits per heavy atom. The zero-order chi connectivity index (χ0) is 12.0. The number of benzene rings is 1. The van der Waals surface area contributed by atoms with Crippen LogP contribution in [0.1, 0.15) is 11.1 Å². The summed E-state index contributed by atoms with van der Waals surface area (Å²) in [6, 6.07) is 7.78. The van der Waals surface area contributed by atoms with Crippen molar-refractivity contribution in [3.8, 4) is 6.07 Å². The number of hydrogen-bond donors (Lipinski definition) is 1. The number of methoxy groups -OCH3 is 2. The monoisotopic (exact) mass is 220 g/mol. The van der Waals surface area contributed by atoms with Crippen molar-refractivity contribution in [3.63, 3.8) is 0 Å². The van der Waals surface area contributed by atoms with Gasteiger partial charge in [0.2, 0.25) is 0 Å². The van der Waals surface area contributed by atoms with E-state index in [1.807, 2.05) is 19.1 Å². The summed E-state index contributed by atoms with van der Waals surface area (Å²) in [5.74, 6) is 0. The fourth-order valence-corrected chi connectivity index (χ4v) is 1.36. The molecule has 0 saturated heterocycles. The molecule has 0 aliphatic rings. The predicted molar refractivity (Wildman–Crippen MR) is 62.2 cm³/mol. The Morgan fingerprint density at radius 2 is 2.06 bits per heavy atom. The second kappa shape index (κ2) is 6.11. The maximum absolute atomic E-state index is 8.94. The van der Waals surface area contributed by atoms with Gasteiger partial charge in [-0.15, -0.1) is 0 Å². The standard InChI is InChI=1S/C12H16N2O2/c1-9-4-5-10(7-13)11(6-9)14-8-12(15-2)16-3/h4-6,12,14H,8H2,1-3H3. The summed E-state index contributed by atoms with van der Waals surface area (Å²) < 4.78 is 10.1. The van der Waals surface area contributed by atoms with Crippen LogP contribution >= 0.6 is 0 Å². The predicted octanol–water partition coefficient (Wildman–Crippen LogP) is 1.90. The van der Waals surface area contributed by atoms with Crippen molar-refractivity contribution < 1.29 is 9.47 Å². The van der Waals surface area contributed by atoms with Crippen LogP contribution in [0.25, 0.3) is 0 Å². The summed E-state index contributed by atoms with van der Waals surface area (Å²) in [5.41, 5.74) is 2.53. The molecule has 1 N–H and O–H groups in total. The number of nitriles is 1. The van der Waals surface area contributed by atoms with Crippen LogP contribution in [0.5, 0.6) is 0 Å². The third-order valence-electron chi connectivity index (χ3n) is 2.28. The van der Waals surface area contributed by atoms with Crippen molar-refractivity contribution in [1.82, 2.24) is 0 Å². The van der Waals surface area contributed by atoms with Crippen molar-refractivity contribution in [2.24, 2.45) is 0 Å². The Labute approximate surface area is 95.8 Å². The van der Waals surface area contributed by atoms with Crippen LogP contribution in [0.2, 0.25) is 0 Å². The van der Waals surface area contributed by atoms with Gasteiger partial charge in [0, 0.05) is 14.2 Å². The van der Waals surface area contributed by atoms with Crippen LogP contribution in [0.3, 0.4) is 0 Å². The molecule has 0 spiro atoms. The van der Waals surface area contributed by atoms with E-state index < -0.39 is 0 Å². The number of rotatable bonds is 5. The first-order chi connectivity index (χ1) is 7.71. The zero-order valence-electron chi connectivity index (χ0n) is 9.78. The molecule has 0 heterocycles. The van der Waals surface area contributed by atoms with Crippen LogP contribution in [0.4, 0.5) is 5.69 Å². The highest BCUT2D eigenvalue weighted by molar-refractivity contribution is 5.58. The zero-order valence-corrected chi connectivity index (χ0v) is 9.78. The minimum Gasteiger partial charge on any atom is -0.379 e. The molecular formula is C12H16N2O2. The smallest absolute Gasteiger partial charge is 0.173 e. The Hall–Kier alpha value is -1.57. The highest BCUT2D eigenvalue weighted by Gasteiger charge is 2.07. The van der Waals surface area contributed by atoms with Gasteiger partial charge in [-0.05, 0) is 24.6 Å². The fraction of sp³-hybridized carbons (Fsp3) is 0.417. The SMILES string of the molecule is COC(CNc1cc(C)ccc1C#N)OC. The molecule has 4 heteroatoms. The molecule has 0 amide bonds. The Kier molecular flexibility index (Phi) is 4.77. The number of aryl methyl sites for hydroxylation is 1. The van der Waals surface area contributed by atoms with Gasteiger partial charge < -0.3 is 14.8 Å². The van der Waals surface area contributed by atoms with Crippen LogP contribution < -0.4 is 5.32 Å². The lowest BCUT2D eigenvalue weighted by atomic mass is 10.1. The van der Waals surface area contributed by atoms with Gasteiger partial charge in [-0.25, -0.2) is 0 Å². The molecule has 1 aromatic carbocycles. The average molecular weight is 220 g/mol.